The van der Waals surface area contributed by atoms with E-state index in [-0.39, 0.29) is 11.9 Å². The van der Waals surface area contributed by atoms with Gasteiger partial charge in [-0.05, 0) is 41.4 Å². The quantitative estimate of drug-likeness (QED) is 0.622. The zero-order valence-corrected chi connectivity index (χ0v) is 16.1. The van der Waals surface area contributed by atoms with E-state index in [4.69, 9.17) is 17.3 Å². The Morgan fingerprint density at radius 3 is 2.74 bits per heavy atom. The maximum absolute atomic E-state index is 13.7. The Balaban J connectivity index is 1.57. The summed E-state index contributed by atoms with van der Waals surface area (Å²) in [6, 6.07) is 20.8. The minimum atomic E-state index is -0.258. The Labute approximate surface area is 167 Å². The van der Waals surface area contributed by atoms with Crippen molar-refractivity contribution in [3.05, 3.63) is 93.9 Å². The zero-order valence-electron chi connectivity index (χ0n) is 14.5. The molecule has 4 rings (SSSR count). The van der Waals surface area contributed by atoms with Gasteiger partial charge in [0, 0.05) is 23.4 Å². The molecule has 1 N–H and O–H groups in total. The molecule has 136 valence electrons. The monoisotopic (exact) mass is 395 g/mol. The zero-order chi connectivity index (χ0) is 18.6. The molecule has 0 saturated carbocycles. The predicted molar refractivity (Wildman–Crippen MR) is 112 cm³/mol. The van der Waals surface area contributed by atoms with Gasteiger partial charge in [-0.25, -0.2) is 9.40 Å². The lowest BCUT2D eigenvalue weighted by atomic mass is 10.0. The van der Waals surface area contributed by atoms with E-state index >= 15 is 0 Å². The lowest BCUT2D eigenvalue weighted by Crippen LogP contribution is -2.36. The summed E-state index contributed by atoms with van der Waals surface area (Å²) < 4.78 is 13.7. The Kier molecular flexibility index (Phi) is 5.27. The number of hydrazone groups is 1. The maximum Gasteiger partial charge on any atom is 0.190 e. The van der Waals surface area contributed by atoms with Crippen LogP contribution in [0.3, 0.4) is 0 Å². The minimum absolute atomic E-state index is 0.0269. The first kappa shape index (κ1) is 17.8. The molecule has 0 radical (unpaired) electrons. The molecule has 0 amide bonds. The van der Waals surface area contributed by atoms with Crippen molar-refractivity contribution in [2.75, 3.05) is 0 Å². The van der Waals surface area contributed by atoms with Crippen LogP contribution in [0.5, 0.6) is 0 Å². The molecule has 0 fully saturated rings. The van der Waals surface area contributed by atoms with Gasteiger partial charge < -0.3 is 5.32 Å². The van der Waals surface area contributed by atoms with Gasteiger partial charge in [0.25, 0.3) is 0 Å². The second-order valence-corrected chi connectivity index (χ2v) is 7.65. The van der Waals surface area contributed by atoms with Crippen LogP contribution in [0.4, 0.5) is 4.39 Å². The summed E-state index contributed by atoms with van der Waals surface area (Å²) in [7, 11) is 0. The molecule has 1 aliphatic rings. The highest BCUT2D eigenvalue weighted by molar-refractivity contribution is 7.80. The van der Waals surface area contributed by atoms with Crippen molar-refractivity contribution in [3.8, 4) is 0 Å². The summed E-state index contributed by atoms with van der Waals surface area (Å²) in [4.78, 5) is 1.19. The van der Waals surface area contributed by atoms with Crippen LogP contribution in [0.1, 0.15) is 28.5 Å². The van der Waals surface area contributed by atoms with Crippen molar-refractivity contribution in [1.29, 1.82) is 0 Å². The van der Waals surface area contributed by atoms with Gasteiger partial charge in [-0.15, -0.1) is 11.3 Å². The fraction of sp³-hybridized carbons (Fsp3) is 0.143. The van der Waals surface area contributed by atoms with E-state index in [1.165, 1.54) is 17.0 Å². The molecule has 2 aromatic carbocycles. The standard InChI is InChI=1S/C21H18FN3S2/c22-17-9-4-8-16(12-17)18-13-19(20-10-5-11-27-20)25(24-18)21(26)23-14-15-6-2-1-3-7-15/h1-12,19H,13-14H2,(H,23,26)/t19-/m0/s1. The van der Waals surface area contributed by atoms with Crippen molar-refractivity contribution in [2.45, 2.75) is 19.0 Å². The van der Waals surface area contributed by atoms with Crippen LogP contribution < -0.4 is 5.32 Å². The molecule has 2 heterocycles. The van der Waals surface area contributed by atoms with Gasteiger partial charge in [0.1, 0.15) is 5.82 Å². The molecule has 27 heavy (non-hydrogen) atoms. The first-order chi connectivity index (χ1) is 13.2. The molecule has 0 unspecified atom stereocenters. The van der Waals surface area contributed by atoms with Gasteiger partial charge in [0.15, 0.2) is 5.11 Å². The topological polar surface area (TPSA) is 27.6 Å². The van der Waals surface area contributed by atoms with E-state index in [1.54, 1.807) is 17.4 Å². The largest absolute Gasteiger partial charge is 0.357 e. The van der Waals surface area contributed by atoms with Crippen molar-refractivity contribution in [3.63, 3.8) is 0 Å². The molecule has 0 spiro atoms. The number of hydrogen-bond donors (Lipinski definition) is 1. The second-order valence-electron chi connectivity index (χ2n) is 6.28. The Morgan fingerprint density at radius 2 is 2.00 bits per heavy atom. The number of nitrogens with zero attached hydrogens (tertiary/aromatic N) is 2. The predicted octanol–water partition coefficient (Wildman–Crippen LogP) is 5.11. The summed E-state index contributed by atoms with van der Waals surface area (Å²) in [6.07, 6.45) is 0.692. The number of rotatable bonds is 4. The van der Waals surface area contributed by atoms with Crippen molar-refractivity contribution in [2.24, 2.45) is 5.10 Å². The van der Waals surface area contributed by atoms with E-state index in [9.17, 15) is 4.39 Å². The third-order valence-corrected chi connectivity index (χ3v) is 5.74. The minimum Gasteiger partial charge on any atom is -0.357 e. The van der Waals surface area contributed by atoms with Gasteiger partial charge in [0.05, 0.1) is 11.8 Å². The van der Waals surface area contributed by atoms with Crippen LogP contribution in [0.2, 0.25) is 0 Å². The summed E-state index contributed by atoms with van der Waals surface area (Å²) in [6.45, 7) is 0.637. The molecule has 0 saturated heterocycles. The van der Waals surface area contributed by atoms with Crippen molar-refractivity contribution in [1.82, 2.24) is 10.3 Å². The van der Waals surface area contributed by atoms with E-state index < -0.39 is 0 Å². The molecule has 0 bridgehead atoms. The number of thiocarbonyl (C=S) groups is 1. The highest BCUT2D eigenvalue weighted by Gasteiger charge is 2.32. The van der Waals surface area contributed by atoms with E-state index in [0.29, 0.717) is 18.1 Å². The molecule has 6 heteroatoms. The molecule has 1 atom stereocenters. The normalized spacial score (nSPS) is 16.3. The fourth-order valence-corrected chi connectivity index (χ4v) is 4.15. The number of halogens is 1. The average Bonchev–Trinajstić information content (AvgIpc) is 3.36. The Morgan fingerprint density at radius 1 is 1.15 bits per heavy atom. The van der Waals surface area contributed by atoms with Gasteiger partial charge in [-0.2, -0.15) is 5.10 Å². The maximum atomic E-state index is 13.7. The van der Waals surface area contributed by atoms with E-state index in [1.807, 2.05) is 40.7 Å². The van der Waals surface area contributed by atoms with Crippen LogP contribution in [0.15, 0.2) is 77.2 Å². The molecule has 0 aliphatic carbocycles. The lowest BCUT2D eigenvalue weighted by molar-refractivity contribution is 0.368. The fourth-order valence-electron chi connectivity index (χ4n) is 3.10. The number of thiophene rings is 1. The SMILES string of the molecule is Fc1cccc(C2=NN(C(=S)NCc3ccccc3)[C@H](c3cccs3)C2)c1. The number of nitrogens with one attached hydrogen (secondary N) is 1. The van der Waals surface area contributed by atoms with Gasteiger partial charge >= 0.3 is 0 Å². The van der Waals surface area contributed by atoms with E-state index in [2.05, 4.69) is 23.5 Å². The first-order valence-corrected chi connectivity index (χ1v) is 9.97. The van der Waals surface area contributed by atoms with Crippen LogP contribution in [0, 0.1) is 5.82 Å². The third-order valence-electron chi connectivity index (χ3n) is 4.43. The van der Waals surface area contributed by atoms with Crippen LogP contribution in [-0.2, 0) is 6.54 Å². The summed E-state index contributed by atoms with van der Waals surface area (Å²) in [5.74, 6) is -0.258. The molecular formula is C21H18FN3S2. The highest BCUT2D eigenvalue weighted by Crippen LogP contribution is 2.35. The summed E-state index contributed by atoms with van der Waals surface area (Å²) >= 11 is 7.31. The summed E-state index contributed by atoms with van der Waals surface area (Å²) in [5.41, 5.74) is 2.79. The van der Waals surface area contributed by atoms with Gasteiger partial charge in [-0.1, -0.05) is 48.5 Å². The number of hydrogen-bond acceptors (Lipinski definition) is 3. The molecular weight excluding hydrogens is 377 g/mol. The Hall–Kier alpha value is -2.57. The molecule has 1 aliphatic heterocycles. The molecule has 3 nitrogen and oxygen atoms in total. The Bertz CT molecular complexity index is 955. The van der Waals surface area contributed by atoms with Crippen LogP contribution in [0.25, 0.3) is 0 Å². The van der Waals surface area contributed by atoms with Crippen LogP contribution >= 0.6 is 23.6 Å². The molecule has 3 aromatic rings. The van der Waals surface area contributed by atoms with Crippen molar-refractivity contribution >= 4 is 34.4 Å². The first-order valence-electron chi connectivity index (χ1n) is 8.68. The molecule has 1 aromatic heterocycles. The summed E-state index contributed by atoms with van der Waals surface area (Å²) in [5, 5.41) is 12.5. The highest BCUT2D eigenvalue weighted by atomic mass is 32.1. The third kappa shape index (κ3) is 4.07. The van der Waals surface area contributed by atoms with Crippen LogP contribution in [-0.4, -0.2) is 15.8 Å². The van der Waals surface area contributed by atoms with E-state index in [0.717, 1.165) is 16.8 Å². The average molecular weight is 396 g/mol. The lowest BCUT2D eigenvalue weighted by Gasteiger charge is -2.23. The van der Waals surface area contributed by atoms with Gasteiger partial charge in [-0.3, -0.25) is 0 Å². The number of benzene rings is 2. The van der Waals surface area contributed by atoms with Gasteiger partial charge in [0.2, 0.25) is 0 Å². The van der Waals surface area contributed by atoms with Crippen molar-refractivity contribution < 1.29 is 4.39 Å². The smallest absolute Gasteiger partial charge is 0.190 e. The second kappa shape index (κ2) is 7.98.